The van der Waals surface area contributed by atoms with Gasteiger partial charge in [0, 0.05) is 13.2 Å². The number of nitrogens with two attached hydrogens (primary N) is 1. The minimum atomic E-state index is -4.03. The number of hydrogen-bond donors (Lipinski definition) is 2. The first-order valence-corrected chi connectivity index (χ1v) is 7.96. The van der Waals surface area contributed by atoms with E-state index in [-0.39, 0.29) is 27.0 Å². The number of sulfonamides is 1. The number of amides is 1. The van der Waals surface area contributed by atoms with Gasteiger partial charge in [0.2, 0.25) is 10.0 Å². The minimum Gasteiger partial charge on any atom is -0.380 e. The van der Waals surface area contributed by atoms with Crippen LogP contribution in [0.1, 0.15) is 17.3 Å². The first kappa shape index (κ1) is 17.2. The number of primary sulfonamides is 1. The highest BCUT2D eigenvalue weighted by Crippen LogP contribution is 2.30. The number of halogens is 2. The van der Waals surface area contributed by atoms with Gasteiger partial charge >= 0.3 is 0 Å². The third kappa shape index (κ3) is 4.32. The summed E-state index contributed by atoms with van der Waals surface area (Å²) < 4.78 is 27.7. The average Bonchev–Trinajstić information content (AvgIpc) is 2.33. The molecule has 0 radical (unpaired) electrons. The molecule has 0 saturated carbocycles. The van der Waals surface area contributed by atoms with Crippen LogP contribution in [0.4, 0.5) is 0 Å². The van der Waals surface area contributed by atoms with Gasteiger partial charge < -0.3 is 10.1 Å². The highest BCUT2D eigenvalue weighted by molar-refractivity contribution is 7.89. The van der Waals surface area contributed by atoms with Gasteiger partial charge in [-0.3, -0.25) is 4.79 Å². The van der Waals surface area contributed by atoms with E-state index in [0.717, 1.165) is 6.07 Å². The second-order valence-electron chi connectivity index (χ2n) is 3.73. The van der Waals surface area contributed by atoms with E-state index in [1.54, 1.807) is 0 Å². The Kier molecular flexibility index (Phi) is 6.22. The molecule has 0 unspecified atom stereocenters. The van der Waals surface area contributed by atoms with E-state index in [4.69, 9.17) is 33.1 Å². The summed E-state index contributed by atoms with van der Waals surface area (Å²) in [4.78, 5) is 11.6. The van der Waals surface area contributed by atoms with E-state index in [1.807, 2.05) is 6.92 Å². The highest BCUT2D eigenvalue weighted by Gasteiger charge is 2.22. The van der Waals surface area contributed by atoms with Crippen LogP contribution in [-0.2, 0) is 14.8 Å². The monoisotopic (exact) mass is 340 g/mol. The zero-order valence-corrected chi connectivity index (χ0v) is 13.0. The van der Waals surface area contributed by atoms with Crippen molar-refractivity contribution in [2.24, 2.45) is 5.14 Å². The molecule has 1 amide bonds. The Morgan fingerprint density at radius 3 is 2.60 bits per heavy atom. The van der Waals surface area contributed by atoms with Gasteiger partial charge in [-0.1, -0.05) is 23.2 Å². The van der Waals surface area contributed by atoms with Gasteiger partial charge in [0.15, 0.2) is 0 Å². The maximum atomic E-state index is 12.0. The van der Waals surface area contributed by atoms with E-state index < -0.39 is 15.9 Å². The van der Waals surface area contributed by atoms with Gasteiger partial charge in [0.1, 0.15) is 4.90 Å². The summed E-state index contributed by atoms with van der Waals surface area (Å²) in [6, 6.07) is 2.40. The largest absolute Gasteiger partial charge is 0.380 e. The molecule has 0 heterocycles. The Hall–Kier alpha value is -0.860. The molecule has 6 nitrogen and oxygen atoms in total. The van der Waals surface area contributed by atoms with E-state index >= 15 is 0 Å². The molecule has 0 saturated heterocycles. The predicted octanol–water partition coefficient (Wildman–Crippen LogP) is 1.41. The van der Waals surface area contributed by atoms with E-state index in [2.05, 4.69) is 5.32 Å². The van der Waals surface area contributed by atoms with Gasteiger partial charge in [-0.05, 0) is 19.1 Å². The molecule has 0 fully saturated rings. The third-order valence-corrected chi connectivity index (χ3v) is 4.10. The molecule has 0 spiro atoms. The zero-order valence-electron chi connectivity index (χ0n) is 10.7. The lowest BCUT2D eigenvalue weighted by atomic mass is 10.2. The molecule has 1 rings (SSSR count). The average molecular weight is 341 g/mol. The third-order valence-electron chi connectivity index (χ3n) is 2.33. The van der Waals surface area contributed by atoms with Gasteiger partial charge in [0.05, 0.1) is 22.2 Å². The maximum Gasteiger partial charge on any atom is 0.254 e. The van der Waals surface area contributed by atoms with Crippen molar-refractivity contribution in [1.82, 2.24) is 5.32 Å². The fourth-order valence-electron chi connectivity index (χ4n) is 1.43. The number of carbonyl (C=O) groups excluding carboxylic acids is 1. The van der Waals surface area contributed by atoms with Crippen LogP contribution >= 0.6 is 23.2 Å². The van der Waals surface area contributed by atoms with Crippen molar-refractivity contribution in [3.05, 3.63) is 27.7 Å². The lowest BCUT2D eigenvalue weighted by Gasteiger charge is -2.11. The van der Waals surface area contributed by atoms with Crippen LogP contribution in [0.3, 0.4) is 0 Å². The highest BCUT2D eigenvalue weighted by atomic mass is 35.5. The molecular formula is C11H14Cl2N2O4S. The quantitative estimate of drug-likeness (QED) is 0.764. The summed E-state index contributed by atoms with van der Waals surface area (Å²) in [7, 11) is -4.03. The molecule has 9 heteroatoms. The van der Waals surface area contributed by atoms with Crippen molar-refractivity contribution in [2.45, 2.75) is 11.8 Å². The normalized spacial score (nSPS) is 11.4. The molecule has 0 atom stereocenters. The van der Waals surface area contributed by atoms with Crippen LogP contribution in [0, 0.1) is 0 Å². The smallest absolute Gasteiger partial charge is 0.254 e. The Morgan fingerprint density at radius 1 is 1.40 bits per heavy atom. The number of rotatable bonds is 6. The molecule has 0 aliphatic carbocycles. The standard InChI is InChI=1S/C11H14Cl2N2O4S/c1-2-19-6-5-15-11(16)9-7(12)3-4-8(10(9)13)20(14,17)18/h3-4H,2,5-6H2,1H3,(H,15,16)(H2,14,17,18). The van der Waals surface area contributed by atoms with E-state index in [9.17, 15) is 13.2 Å². The first-order chi connectivity index (χ1) is 9.29. The van der Waals surface area contributed by atoms with Crippen molar-refractivity contribution >= 4 is 39.1 Å². The predicted molar refractivity (Wildman–Crippen MR) is 76.7 cm³/mol. The Labute approximate surface area is 127 Å². The molecule has 3 N–H and O–H groups in total. The summed E-state index contributed by atoms with van der Waals surface area (Å²) in [6.07, 6.45) is 0. The van der Waals surface area contributed by atoms with Crippen LogP contribution in [0.2, 0.25) is 10.0 Å². The molecule has 0 bridgehead atoms. The van der Waals surface area contributed by atoms with Crippen LogP contribution in [-0.4, -0.2) is 34.1 Å². The number of benzene rings is 1. The van der Waals surface area contributed by atoms with Gasteiger partial charge in [-0.25, -0.2) is 13.6 Å². The van der Waals surface area contributed by atoms with Crippen LogP contribution in [0.15, 0.2) is 17.0 Å². The second-order valence-corrected chi connectivity index (χ2v) is 6.05. The zero-order chi connectivity index (χ0) is 15.3. The van der Waals surface area contributed by atoms with E-state index in [1.165, 1.54) is 6.07 Å². The number of hydrogen-bond acceptors (Lipinski definition) is 4. The Morgan fingerprint density at radius 2 is 2.05 bits per heavy atom. The van der Waals surface area contributed by atoms with Crippen molar-refractivity contribution in [2.75, 3.05) is 19.8 Å². The van der Waals surface area contributed by atoms with Crippen molar-refractivity contribution in [1.29, 1.82) is 0 Å². The maximum absolute atomic E-state index is 12.0. The fraction of sp³-hybridized carbons (Fsp3) is 0.364. The van der Waals surface area contributed by atoms with Crippen molar-refractivity contribution in [3.63, 3.8) is 0 Å². The summed E-state index contributed by atoms with van der Waals surface area (Å²) in [5.41, 5.74) is -0.128. The fourth-order valence-corrected chi connectivity index (χ4v) is 2.91. The minimum absolute atomic E-state index is 0.0382. The number of ether oxygens (including phenoxy) is 1. The second kappa shape index (κ2) is 7.24. The van der Waals surface area contributed by atoms with Crippen LogP contribution in [0.5, 0.6) is 0 Å². The topological polar surface area (TPSA) is 98.5 Å². The SMILES string of the molecule is CCOCCNC(=O)c1c(Cl)ccc(S(N)(=O)=O)c1Cl. The molecule has 0 aliphatic rings. The Balaban J connectivity index is 3.03. The molecule has 0 aromatic heterocycles. The van der Waals surface area contributed by atoms with Crippen LogP contribution in [0.25, 0.3) is 0 Å². The number of carbonyl (C=O) groups is 1. The molecule has 112 valence electrons. The number of nitrogens with one attached hydrogen (secondary N) is 1. The van der Waals surface area contributed by atoms with Crippen LogP contribution < -0.4 is 10.5 Å². The molecule has 0 aliphatic heterocycles. The van der Waals surface area contributed by atoms with Crippen molar-refractivity contribution < 1.29 is 17.9 Å². The lowest BCUT2D eigenvalue weighted by Crippen LogP contribution is -2.28. The molecule has 1 aromatic rings. The molecule has 20 heavy (non-hydrogen) atoms. The molecule has 1 aromatic carbocycles. The van der Waals surface area contributed by atoms with Gasteiger partial charge in [0.25, 0.3) is 5.91 Å². The first-order valence-electron chi connectivity index (χ1n) is 5.65. The summed E-state index contributed by atoms with van der Waals surface area (Å²) in [5, 5.41) is 7.28. The summed E-state index contributed by atoms with van der Waals surface area (Å²) >= 11 is 11.8. The van der Waals surface area contributed by atoms with Gasteiger partial charge in [-0.15, -0.1) is 0 Å². The molecular weight excluding hydrogens is 327 g/mol. The Bertz CT molecular complexity index is 605. The summed E-state index contributed by atoms with van der Waals surface area (Å²) in [6.45, 7) is 2.93. The van der Waals surface area contributed by atoms with Gasteiger partial charge in [-0.2, -0.15) is 0 Å². The van der Waals surface area contributed by atoms with E-state index in [0.29, 0.717) is 13.2 Å². The lowest BCUT2D eigenvalue weighted by molar-refractivity contribution is 0.0922. The summed E-state index contributed by atoms with van der Waals surface area (Å²) in [5.74, 6) is -0.592. The van der Waals surface area contributed by atoms with Crippen molar-refractivity contribution in [3.8, 4) is 0 Å².